The van der Waals surface area contributed by atoms with Gasteiger partial charge in [-0.15, -0.1) is 6.58 Å². The zero-order valence-electron chi connectivity index (χ0n) is 12.2. The molecule has 0 aliphatic heterocycles. The maximum absolute atomic E-state index is 9.25. The van der Waals surface area contributed by atoms with E-state index in [9.17, 15) is 5.11 Å². The van der Waals surface area contributed by atoms with Crippen LogP contribution in [0.25, 0.3) is 0 Å². The molecule has 0 saturated carbocycles. The summed E-state index contributed by atoms with van der Waals surface area (Å²) in [5.41, 5.74) is 1.08. The molecule has 0 heterocycles. The van der Waals surface area contributed by atoms with Crippen molar-refractivity contribution in [2.24, 2.45) is 5.92 Å². The zero-order valence-corrected chi connectivity index (χ0v) is 12.2. The Bertz CT molecular complexity index is 361. The molecule has 0 spiro atoms. The van der Waals surface area contributed by atoms with Crippen LogP contribution in [0.3, 0.4) is 0 Å². The number of hydrogen-bond acceptors (Lipinski definition) is 3. The molecule has 0 aliphatic carbocycles. The van der Waals surface area contributed by atoms with Gasteiger partial charge in [0.15, 0.2) is 11.5 Å². The molecule has 1 rings (SSSR count). The van der Waals surface area contributed by atoms with Crippen molar-refractivity contribution in [3.8, 4) is 11.5 Å². The Morgan fingerprint density at radius 2 is 2.11 bits per heavy atom. The minimum Gasteiger partial charge on any atom is -0.504 e. The van der Waals surface area contributed by atoms with E-state index in [-0.39, 0.29) is 5.75 Å². The Labute approximate surface area is 116 Å². The summed E-state index contributed by atoms with van der Waals surface area (Å²) in [7, 11) is 1.53. The maximum Gasteiger partial charge on any atom is 0.160 e. The summed E-state index contributed by atoms with van der Waals surface area (Å²) >= 11 is 0. The number of ether oxygens (including phenoxy) is 1. The summed E-state index contributed by atoms with van der Waals surface area (Å²) in [6, 6.07) is 5.27. The van der Waals surface area contributed by atoms with Gasteiger partial charge in [-0.3, -0.25) is 0 Å². The largest absolute Gasteiger partial charge is 0.504 e. The highest BCUT2D eigenvalue weighted by Crippen LogP contribution is 2.26. The lowest BCUT2D eigenvalue weighted by Gasteiger charge is -2.04. The van der Waals surface area contributed by atoms with Crippen LogP contribution in [-0.2, 0) is 6.42 Å². The molecule has 0 aromatic heterocycles. The summed E-state index contributed by atoms with van der Waals surface area (Å²) < 4.78 is 4.95. The predicted molar refractivity (Wildman–Crippen MR) is 79.7 cm³/mol. The lowest BCUT2D eigenvalue weighted by molar-refractivity contribution is 0.260. The van der Waals surface area contributed by atoms with Gasteiger partial charge < -0.3 is 14.9 Å². The number of allylic oxidation sites excluding steroid dienone is 1. The van der Waals surface area contributed by atoms with Crippen LogP contribution in [0.1, 0.15) is 32.3 Å². The highest BCUT2D eigenvalue weighted by molar-refractivity contribution is 5.42. The molecular formula is C16H26O3. The number of hydrogen-bond donors (Lipinski definition) is 2. The van der Waals surface area contributed by atoms with E-state index in [0.717, 1.165) is 18.4 Å². The van der Waals surface area contributed by atoms with E-state index < -0.39 is 0 Å². The quantitative estimate of drug-likeness (QED) is 0.774. The fourth-order valence-corrected chi connectivity index (χ4v) is 1.44. The van der Waals surface area contributed by atoms with Crippen LogP contribution in [0, 0.1) is 5.92 Å². The average Bonchev–Trinajstić information content (AvgIpc) is 2.42. The number of aliphatic hydroxyl groups excluding tert-OH is 1. The highest BCUT2D eigenvalue weighted by atomic mass is 16.5. The Kier molecular flexibility index (Phi) is 9.63. The van der Waals surface area contributed by atoms with Gasteiger partial charge in [0.05, 0.1) is 7.11 Å². The van der Waals surface area contributed by atoms with Gasteiger partial charge in [-0.25, -0.2) is 0 Å². The van der Waals surface area contributed by atoms with Gasteiger partial charge in [0, 0.05) is 6.61 Å². The number of phenols is 1. The van der Waals surface area contributed by atoms with Gasteiger partial charge in [0.1, 0.15) is 0 Å². The van der Waals surface area contributed by atoms with Crippen molar-refractivity contribution in [3.63, 3.8) is 0 Å². The minimum atomic E-state index is 0.172. The molecule has 1 unspecified atom stereocenters. The van der Waals surface area contributed by atoms with E-state index in [1.54, 1.807) is 12.1 Å². The standard InChI is InChI=1S/C10H12O2.C6H14O/c1-3-4-8-5-6-9(11)10(7-8)12-2;1-3-6(2)4-5-7/h3,5-7,11H,1,4H2,2H3;6-7H,3-5H2,1-2H3. The van der Waals surface area contributed by atoms with Gasteiger partial charge >= 0.3 is 0 Å². The second-order valence-corrected chi connectivity index (χ2v) is 4.52. The molecular weight excluding hydrogens is 240 g/mol. The van der Waals surface area contributed by atoms with Crippen LogP contribution in [0.15, 0.2) is 30.9 Å². The molecule has 0 saturated heterocycles. The lowest BCUT2D eigenvalue weighted by Crippen LogP contribution is -1.94. The van der Waals surface area contributed by atoms with Crippen molar-refractivity contribution < 1.29 is 14.9 Å². The average molecular weight is 266 g/mol. The highest BCUT2D eigenvalue weighted by Gasteiger charge is 2.00. The van der Waals surface area contributed by atoms with Gasteiger partial charge in [0.25, 0.3) is 0 Å². The predicted octanol–water partition coefficient (Wildman–Crippen LogP) is 3.54. The van der Waals surface area contributed by atoms with Crippen LogP contribution in [-0.4, -0.2) is 23.9 Å². The van der Waals surface area contributed by atoms with Crippen molar-refractivity contribution in [1.29, 1.82) is 0 Å². The number of rotatable bonds is 6. The summed E-state index contributed by atoms with van der Waals surface area (Å²) in [5.74, 6) is 1.38. The maximum atomic E-state index is 9.25. The van der Waals surface area contributed by atoms with Crippen molar-refractivity contribution in [3.05, 3.63) is 36.4 Å². The van der Waals surface area contributed by atoms with Crippen LogP contribution in [0.5, 0.6) is 11.5 Å². The molecule has 1 aromatic carbocycles. The normalized spacial score (nSPS) is 11.2. The van der Waals surface area contributed by atoms with Crippen molar-refractivity contribution in [1.82, 2.24) is 0 Å². The van der Waals surface area contributed by atoms with E-state index >= 15 is 0 Å². The van der Waals surface area contributed by atoms with Gasteiger partial charge in [-0.05, 0) is 36.5 Å². The molecule has 3 nitrogen and oxygen atoms in total. The van der Waals surface area contributed by atoms with Gasteiger partial charge in [0.2, 0.25) is 0 Å². The molecule has 2 N–H and O–H groups in total. The first kappa shape index (κ1) is 17.5. The zero-order chi connectivity index (χ0) is 14.7. The Balaban J connectivity index is 0.000000399. The van der Waals surface area contributed by atoms with Crippen LogP contribution in [0.2, 0.25) is 0 Å². The molecule has 0 radical (unpaired) electrons. The molecule has 0 amide bonds. The number of phenolic OH excluding ortho intramolecular Hbond substituents is 1. The molecule has 108 valence electrons. The third-order valence-corrected chi connectivity index (χ3v) is 2.94. The first-order chi connectivity index (χ1) is 9.08. The third kappa shape index (κ3) is 7.52. The van der Waals surface area contributed by atoms with E-state index in [0.29, 0.717) is 18.3 Å². The second-order valence-electron chi connectivity index (χ2n) is 4.52. The van der Waals surface area contributed by atoms with Crippen LogP contribution < -0.4 is 4.74 Å². The second kappa shape index (κ2) is 10.4. The first-order valence-corrected chi connectivity index (χ1v) is 6.66. The minimum absolute atomic E-state index is 0.172. The molecule has 19 heavy (non-hydrogen) atoms. The van der Waals surface area contributed by atoms with Crippen molar-refractivity contribution >= 4 is 0 Å². The fraction of sp³-hybridized carbons (Fsp3) is 0.500. The van der Waals surface area contributed by atoms with E-state index in [1.807, 2.05) is 12.1 Å². The summed E-state index contributed by atoms with van der Waals surface area (Å²) in [6.45, 7) is 8.26. The van der Waals surface area contributed by atoms with E-state index in [4.69, 9.17) is 9.84 Å². The molecule has 3 heteroatoms. The van der Waals surface area contributed by atoms with E-state index in [1.165, 1.54) is 13.5 Å². The Morgan fingerprint density at radius 3 is 2.53 bits per heavy atom. The number of methoxy groups -OCH3 is 1. The Morgan fingerprint density at radius 1 is 1.42 bits per heavy atom. The van der Waals surface area contributed by atoms with Gasteiger partial charge in [-0.2, -0.15) is 0 Å². The monoisotopic (exact) mass is 266 g/mol. The molecule has 0 fully saturated rings. The van der Waals surface area contributed by atoms with Crippen molar-refractivity contribution in [2.75, 3.05) is 13.7 Å². The van der Waals surface area contributed by atoms with Crippen molar-refractivity contribution in [2.45, 2.75) is 33.1 Å². The topological polar surface area (TPSA) is 49.7 Å². The smallest absolute Gasteiger partial charge is 0.160 e. The SMILES string of the molecule is C=CCc1ccc(O)c(OC)c1.CCC(C)CCO. The number of aliphatic hydroxyl groups is 1. The number of benzene rings is 1. The lowest BCUT2D eigenvalue weighted by atomic mass is 10.1. The van der Waals surface area contributed by atoms with Crippen LogP contribution >= 0.6 is 0 Å². The van der Waals surface area contributed by atoms with Crippen LogP contribution in [0.4, 0.5) is 0 Å². The molecule has 0 aliphatic rings. The summed E-state index contributed by atoms with van der Waals surface area (Å²) in [5, 5.41) is 17.6. The fourth-order valence-electron chi connectivity index (χ4n) is 1.44. The van der Waals surface area contributed by atoms with E-state index in [2.05, 4.69) is 20.4 Å². The van der Waals surface area contributed by atoms with Gasteiger partial charge in [-0.1, -0.05) is 32.4 Å². The summed E-state index contributed by atoms with van der Waals surface area (Å²) in [6.07, 6.45) is 4.74. The Hall–Kier alpha value is -1.48. The first-order valence-electron chi connectivity index (χ1n) is 6.66. The summed E-state index contributed by atoms with van der Waals surface area (Å²) in [4.78, 5) is 0. The number of aromatic hydroxyl groups is 1. The molecule has 1 aromatic rings. The third-order valence-electron chi connectivity index (χ3n) is 2.94. The molecule has 1 atom stereocenters. The molecule has 0 bridgehead atoms.